The van der Waals surface area contributed by atoms with Gasteiger partial charge in [0, 0.05) is 38.7 Å². The highest BCUT2D eigenvalue weighted by Crippen LogP contribution is 2.12. The van der Waals surface area contributed by atoms with E-state index >= 15 is 0 Å². The first-order chi connectivity index (χ1) is 9.13. The maximum Gasteiger partial charge on any atom is 0.254 e. The van der Waals surface area contributed by atoms with Gasteiger partial charge in [0.25, 0.3) is 11.8 Å². The molecular weight excluding hydrogens is 264 g/mol. The summed E-state index contributed by atoms with van der Waals surface area (Å²) in [6.07, 6.45) is -0.417. The van der Waals surface area contributed by atoms with E-state index in [-0.39, 0.29) is 11.8 Å². The Labute approximate surface area is 116 Å². The van der Waals surface area contributed by atoms with Crippen molar-refractivity contribution in [3.63, 3.8) is 0 Å². The van der Waals surface area contributed by atoms with Crippen molar-refractivity contribution in [2.75, 3.05) is 33.3 Å². The molecular formula is C13H18N2O3S. The normalized spacial score (nSPS) is 17.4. The van der Waals surface area contributed by atoms with Gasteiger partial charge in [0.2, 0.25) is 0 Å². The van der Waals surface area contributed by atoms with E-state index in [1.165, 1.54) is 18.4 Å². The second-order valence-corrected chi connectivity index (χ2v) is 5.29. The van der Waals surface area contributed by atoms with Crippen LogP contribution in [0.2, 0.25) is 0 Å². The molecule has 19 heavy (non-hydrogen) atoms. The molecule has 1 fully saturated rings. The smallest absolute Gasteiger partial charge is 0.254 e. The summed E-state index contributed by atoms with van der Waals surface area (Å²) in [6.45, 7) is 4.05. The molecule has 0 aromatic carbocycles. The van der Waals surface area contributed by atoms with Crippen LogP contribution >= 0.6 is 11.3 Å². The number of ether oxygens (including phenoxy) is 1. The first kappa shape index (κ1) is 14.0. The van der Waals surface area contributed by atoms with E-state index in [0.29, 0.717) is 26.2 Å². The molecule has 2 rings (SSSR count). The highest BCUT2D eigenvalue weighted by Gasteiger charge is 2.27. The van der Waals surface area contributed by atoms with E-state index in [1.807, 2.05) is 16.8 Å². The quantitative estimate of drug-likeness (QED) is 0.833. The molecule has 1 aromatic heterocycles. The van der Waals surface area contributed by atoms with Gasteiger partial charge in [-0.05, 0) is 18.4 Å². The highest BCUT2D eigenvalue weighted by atomic mass is 32.1. The third-order valence-electron chi connectivity index (χ3n) is 3.35. The van der Waals surface area contributed by atoms with E-state index in [4.69, 9.17) is 4.74 Å². The molecule has 1 saturated heterocycles. The van der Waals surface area contributed by atoms with Crippen LogP contribution in [0.5, 0.6) is 0 Å². The molecule has 1 aliphatic rings. The minimum absolute atomic E-state index is 0.00914. The number of hydrogen-bond donors (Lipinski definition) is 0. The summed E-state index contributed by atoms with van der Waals surface area (Å²) in [5.74, 6) is 0.0401. The summed E-state index contributed by atoms with van der Waals surface area (Å²) in [4.78, 5) is 27.6. The van der Waals surface area contributed by atoms with Crippen LogP contribution in [0, 0.1) is 0 Å². The second kappa shape index (κ2) is 6.16. The summed E-state index contributed by atoms with van der Waals surface area (Å²) >= 11 is 1.52. The van der Waals surface area contributed by atoms with Crippen molar-refractivity contribution < 1.29 is 14.3 Å². The van der Waals surface area contributed by atoms with Crippen molar-refractivity contribution in [3.05, 3.63) is 22.4 Å². The van der Waals surface area contributed by atoms with Gasteiger partial charge in [-0.15, -0.1) is 0 Å². The topological polar surface area (TPSA) is 49.9 Å². The average Bonchev–Trinajstić information content (AvgIpc) is 2.99. The average molecular weight is 282 g/mol. The molecule has 1 atom stereocenters. The number of thiophene rings is 1. The van der Waals surface area contributed by atoms with Gasteiger partial charge in [-0.25, -0.2) is 0 Å². The minimum atomic E-state index is -0.417. The third-order valence-corrected chi connectivity index (χ3v) is 4.03. The Morgan fingerprint density at radius 1 is 1.26 bits per heavy atom. The highest BCUT2D eigenvalue weighted by molar-refractivity contribution is 7.08. The Balaban J connectivity index is 1.89. The predicted molar refractivity (Wildman–Crippen MR) is 73.3 cm³/mol. The lowest BCUT2D eigenvalue weighted by Crippen LogP contribution is -2.52. The van der Waals surface area contributed by atoms with Crippen LogP contribution in [0.1, 0.15) is 17.3 Å². The number of hydrogen-bond acceptors (Lipinski definition) is 4. The van der Waals surface area contributed by atoms with Crippen LogP contribution in [0.3, 0.4) is 0 Å². The molecule has 0 aliphatic carbocycles. The fourth-order valence-electron chi connectivity index (χ4n) is 2.06. The zero-order valence-electron chi connectivity index (χ0n) is 11.2. The zero-order chi connectivity index (χ0) is 13.8. The first-order valence-electron chi connectivity index (χ1n) is 6.26. The van der Waals surface area contributed by atoms with E-state index in [2.05, 4.69) is 0 Å². The van der Waals surface area contributed by atoms with E-state index in [0.717, 1.165) is 5.56 Å². The van der Waals surface area contributed by atoms with Crippen molar-refractivity contribution in [1.29, 1.82) is 0 Å². The summed E-state index contributed by atoms with van der Waals surface area (Å²) in [5.41, 5.74) is 0.732. The van der Waals surface area contributed by atoms with Gasteiger partial charge in [-0.2, -0.15) is 11.3 Å². The largest absolute Gasteiger partial charge is 0.372 e. The molecule has 0 saturated carbocycles. The van der Waals surface area contributed by atoms with Gasteiger partial charge < -0.3 is 14.5 Å². The van der Waals surface area contributed by atoms with Crippen LogP contribution in [-0.4, -0.2) is 61.0 Å². The number of rotatable bonds is 3. The van der Waals surface area contributed by atoms with Gasteiger partial charge in [-0.1, -0.05) is 0 Å². The van der Waals surface area contributed by atoms with Crippen LogP contribution in [0.4, 0.5) is 0 Å². The number of methoxy groups -OCH3 is 1. The predicted octanol–water partition coefficient (Wildman–Crippen LogP) is 1.07. The molecule has 0 spiro atoms. The molecule has 5 nitrogen and oxygen atoms in total. The van der Waals surface area contributed by atoms with Crippen molar-refractivity contribution in [2.45, 2.75) is 13.0 Å². The van der Waals surface area contributed by atoms with Crippen LogP contribution < -0.4 is 0 Å². The van der Waals surface area contributed by atoms with Crippen molar-refractivity contribution in [2.24, 2.45) is 0 Å². The monoisotopic (exact) mass is 282 g/mol. The SMILES string of the molecule is COC(C)C(=O)N1CCN(C(=O)c2ccsc2)CC1. The number of nitrogens with zero attached hydrogens (tertiary/aromatic N) is 2. The Morgan fingerprint density at radius 3 is 2.42 bits per heavy atom. The van der Waals surface area contributed by atoms with Crippen molar-refractivity contribution in [3.8, 4) is 0 Å². The third kappa shape index (κ3) is 3.13. The lowest BCUT2D eigenvalue weighted by Gasteiger charge is -2.35. The van der Waals surface area contributed by atoms with E-state index < -0.39 is 6.10 Å². The summed E-state index contributed by atoms with van der Waals surface area (Å²) in [7, 11) is 1.53. The molecule has 0 bridgehead atoms. The number of carbonyl (C=O) groups is 2. The van der Waals surface area contributed by atoms with Crippen LogP contribution in [0.15, 0.2) is 16.8 Å². The molecule has 2 amide bonds. The summed E-state index contributed by atoms with van der Waals surface area (Å²) < 4.78 is 5.03. The molecule has 1 aromatic rings. The number of piperazine rings is 1. The minimum Gasteiger partial charge on any atom is -0.372 e. The van der Waals surface area contributed by atoms with E-state index in [1.54, 1.807) is 16.7 Å². The zero-order valence-corrected chi connectivity index (χ0v) is 12.0. The van der Waals surface area contributed by atoms with Crippen LogP contribution in [-0.2, 0) is 9.53 Å². The van der Waals surface area contributed by atoms with Crippen molar-refractivity contribution in [1.82, 2.24) is 9.80 Å². The second-order valence-electron chi connectivity index (χ2n) is 4.51. The molecule has 2 heterocycles. The molecule has 0 N–H and O–H groups in total. The maximum absolute atomic E-state index is 12.1. The van der Waals surface area contributed by atoms with Gasteiger partial charge in [0.1, 0.15) is 6.10 Å². The molecule has 1 aliphatic heterocycles. The Bertz CT molecular complexity index is 439. The van der Waals surface area contributed by atoms with E-state index in [9.17, 15) is 9.59 Å². The van der Waals surface area contributed by atoms with Gasteiger partial charge in [-0.3, -0.25) is 9.59 Å². The first-order valence-corrected chi connectivity index (χ1v) is 7.21. The Kier molecular flexibility index (Phi) is 4.55. The molecule has 0 radical (unpaired) electrons. The van der Waals surface area contributed by atoms with Crippen LogP contribution in [0.25, 0.3) is 0 Å². The summed E-state index contributed by atoms with van der Waals surface area (Å²) in [5, 5.41) is 3.75. The lowest BCUT2D eigenvalue weighted by molar-refractivity contribution is -0.142. The van der Waals surface area contributed by atoms with Gasteiger partial charge >= 0.3 is 0 Å². The van der Waals surface area contributed by atoms with Gasteiger partial charge in [0.05, 0.1) is 5.56 Å². The molecule has 1 unspecified atom stereocenters. The standard InChI is InChI=1S/C13H18N2O3S/c1-10(18-2)12(16)14-4-6-15(7-5-14)13(17)11-3-8-19-9-11/h3,8-10H,4-7H2,1-2H3. The number of amides is 2. The lowest BCUT2D eigenvalue weighted by atomic mass is 10.2. The number of carbonyl (C=O) groups excluding carboxylic acids is 2. The van der Waals surface area contributed by atoms with Crippen molar-refractivity contribution >= 4 is 23.2 Å². The Morgan fingerprint density at radius 2 is 1.89 bits per heavy atom. The summed E-state index contributed by atoms with van der Waals surface area (Å²) in [6, 6.07) is 1.83. The maximum atomic E-state index is 12.1. The van der Waals surface area contributed by atoms with Gasteiger partial charge in [0.15, 0.2) is 0 Å². The molecule has 6 heteroatoms. The fourth-order valence-corrected chi connectivity index (χ4v) is 2.69. The Hall–Kier alpha value is -1.40. The fraction of sp³-hybridized carbons (Fsp3) is 0.538. The molecule has 104 valence electrons.